The van der Waals surface area contributed by atoms with Crippen LogP contribution in [0.4, 0.5) is 11.5 Å². The summed E-state index contributed by atoms with van der Waals surface area (Å²) < 4.78 is 15.3. The molecule has 0 unspecified atom stereocenters. The van der Waals surface area contributed by atoms with Crippen molar-refractivity contribution in [3.8, 4) is 11.5 Å². The number of anilines is 2. The molecule has 0 fully saturated rings. The van der Waals surface area contributed by atoms with Gasteiger partial charge in [0.05, 0.1) is 19.9 Å². The van der Waals surface area contributed by atoms with Gasteiger partial charge in [0.1, 0.15) is 17.3 Å². The molecule has 0 aliphatic heterocycles. The largest absolute Gasteiger partial charge is 0.497 e. The molecule has 0 atom stereocenters. The molecule has 2 amide bonds. The zero-order chi connectivity index (χ0) is 18.4. The first-order valence-corrected chi connectivity index (χ1v) is 7.68. The van der Waals surface area contributed by atoms with Gasteiger partial charge in [-0.2, -0.15) is 0 Å². The van der Waals surface area contributed by atoms with Gasteiger partial charge in [0.15, 0.2) is 5.82 Å². The van der Waals surface area contributed by atoms with Gasteiger partial charge in [0, 0.05) is 32.0 Å². The zero-order valence-electron chi connectivity index (χ0n) is 14.7. The van der Waals surface area contributed by atoms with E-state index in [1.165, 1.54) is 18.9 Å². The molecule has 2 rings (SSSR count). The number of amides is 2. The number of rotatable bonds is 7. The van der Waals surface area contributed by atoms with Crippen LogP contribution in [-0.2, 0) is 9.59 Å². The number of methoxy groups -OCH3 is 2. The highest BCUT2D eigenvalue weighted by Gasteiger charge is 2.17. The molecule has 25 heavy (non-hydrogen) atoms. The van der Waals surface area contributed by atoms with E-state index in [4.69, 9.17) is 14.0 Å². The molecule has 1 heterocycles. The predicted molar refractivity (Wildman–Crippen MR) is 92.1 cm³/mol. The summed E-state index contributed by atoms with van der Waals surface area (Å²) >= 11 is 0. The van der Waals surface area contributed by atoms with Crippen LogP contribution < -0.4 is 19.7 Å². The third kappa shape index (κ3) is 4.72. The number of ether oxygens (including phenoxy) is 2. The lowest BCUT2D eigenvalue weighted by Crippen LogP contribution is -2.32. The van der Waals surface area contributed by atoms with Crippen molar-refractivity contribution in [2.45, 2.75) is 20.3 Å². The maximum absolute atomic E-state index is 12.2. The van der Waals surface area contributed by atoms with Crippen molar-refractivity contribution in [3.63, 3.8) is 0 Å². The van der Waals surface area contributed by atoms with Crippen molar-refractivity contribution < 1.29 is 23.6 Å². The quantitative estimate of drug-likeness (QED) is 0.826. The van der Waals surface area contributed by atoms with E-state index < -0.39 is 0 Å². The van der Waals surface area contributed by atoms with Crippen molar-refractivity contribution >= 4 is 23.3 Å². The summed E-state index contributed by atoms with van der Waals surface area (Å²) in [5.41, 5.74) is 0.528. The molecule has 0 radical (unpaired) electrons. The number of carbonyl (C=O) groups is 2. The molecule has 8 heteroatoms. The van der Waals surface area contributed by atoms with Gasteiger partial charge in [-0.05, 0) is 19.1 Å². The second kappa shape index (κ2) is 8.18. The summed E-state index contributed by atoms with van der Waals surface area (Å²) in [7, 11) is 3.06. The number of hydrogen-bond acceptors (Lipinski definition) is 6. The number of aromatic nitrogens is 1. The van der Waals surface area contributed by atoms with Gasteiger partial charge in [0.2, 0.25) is 11.8 Å². The fraction of sp³-hybridized carbons (Fsp3) is 0.353. The number of nitrogens with one attached hydrogen (secondary N) is 1. The second-order valence-electron chi connectivity index (χ2n) is 5.33. The van der Waals surface area contributed by atoms with E-state index >= 15 is 0 Å². The van der Waals surface area contributed by atoms with E-state index in [0.717, 1.165) is 0 Å². The third-order valence-corrected chi connectivity index (χ3v) is 3.52. The molecular formula is C17H21N3O5. The van der Waals surface area contributed by atoms with E-state index in [-0.39, 0.29) is 24.8 Å². The van der Waals surface area contributed by atoms with Crippen LogP contribution in [-0.4, -0.2) is 37.7 Å². The standard InChI is InChI=1S/C17H21N3O5/c1-11-9-16(19-25-11)20(12(2)21)8-7-17(22)18-14-6-5-13(23-3)10-15(14)24-4/h5-6,9-10H,7-8H2,1-4H3,(H,18,22). The fourth-order valence-corrected chi connectivity index (χ4v) is 2.24. The normalized spacial score (nSPS) is 10.2. The Morgan fingerprint density at radius 1 is 1.24 bits per heavy atom. The summed E-state index contributed by atoms with van der Waals surface area (Å²) in [6.45, 7) is 3.33. The average Bonchev–Trinajstić information content (AvgIpc) is 3.01. The minimum atomic E-state index is -0.255. The van der Waals surface area contributed by atoms with Crippen LogP contribution in [0.1, 0.15) is 19.1 Å². The lowest BCUT2D eigenvalue weighted by molar-refractivity contribution is -0.117. The van der Waals surface area contributed by atoms with Crippen molar-refractivity contribution in [2.75, 3.05) is 31.0 Å². The SMILES string of the molecule is COc1ccc(NC(=O)CCN(C(C)=O)c2cc(C)on2)c(OC)c1. The molecule has 1 aromatic carbocycles. The molecule has 1 aromatic heterocycles. The molecular weight excluding hydrogens is 326 g/mol. The summed E-state index contributed by atoms with van der Waals surface area (Å²) in [6, 6.07) is 6.74. The molecule has 0 bridgehead atoms. The number of aryl methyl sites for hydroxylation is 1. The van der Waals surface area contributed by atoms with E-state index in [0.29, 0.717) is 28.8 Å². The first-order chi connectivity index (χ1) is 11.9. The molecule has 0 saturated carbocycles. The van der Waals surface area contributed by atoms with Crippen LogP contribution in [0.25, 0.3) is 0 Å². The molecule has 0 aliphatic carbocycles. The van der Waals surface area contributed by atoms with Crippen LogP contribution >= 0.6 is 0 Å². The maximum atomic E-state index is 12.2. The van der Waals surface area contributed by atoms with E-state index in [1.54, 1.807) is 38.3 Å². The Morgan fingerprint density at radius 3 is 2.56 bits per heavy atom. The van der Waals surface area contributed by atoms with Gasteiger partial charge in [-0.15, -0.1) is 0 Å². The number of carbonyl (C=O) groups excluding carboxylic acids is 2. The Labute approximate surface area is 145 Å². The maximum Gasteiger partial charge on any atom is 0.226 e. The molecule has 2 aromatic rings. The molecule has 0 saturated heterocycles. The molecule has 0 aliphatic rings. The number of nitrogens with zero attached hydrogens (tertiary/aromatic N) is 2. The van der Waals surface area contributed by atoms with Gasteiger partial charge >= 0.3 is 0 Å². The van der Waals surface area contributed by atoms with Crippen LogP contribution in [0.2, 0.25) is 0 Å². The van der Waals surface area contributed by atoms with Crippen molar-refractivity contribution in [1.29, 1.82) is 0 Å². The van der Waals surface area contributed by atoms with Crippen LogP contribution in [0.15, 0.2) is 28.8 Å². The Balaban J connectivity index is 2.01. The first kappa shape index (κ1) is 18.3. The Hall–Kier alpha value is -3.03. The molecule has 134 valence electrons. The van der Waals surface area contributed by atoms with Gasteiger partial charge in [-0.3, -0.25) is 14.5 Å². The first-order valence-electron chi connectivity index (χ1n) is 7.68. The summed E-state index contributed by atoms with van der Waals surface area (Å²) in [4.78, 5) is 25.4. The van der Waals surface area contributed by atoms with E-state index in [1.807, 2.05) is 0 Å². The van der Waals surface area contributed by atoms with Crippen LogP contribution in [0, 0.1) is 6.92 Å². The van der Waals surface area contributed by atoms with Gasteiger partial charge in [-0.25, -0.2) is 0 Å². The second-order valence-corrected chi connectivity index (χ2v) is 5.33. The monoisotopic (exact) mass is 347 g/mol. The smallest absolute Gasteiger partial charge is 0.226 e. The summed E-state index contributed by atoms with van der Waals surface area (Å²) in [5.74, 6) is 1.62. The predicted octanol–water partition coefficient (Wildman–Crippen LogP) is 2.38. The Kier molecular flexibility index (Phi) is 5.99. The zero-order valence-corrected chi connectivity index (χ0v) is 14.7. The highest BCUT2D eigenvalue weighted by atomic mass is 16.5. The van der Waals surface area contributed by atoms with Gasteiger partial charge in [-0.1, -0.05) is 5.16 Å². The average molecular weight is 347 g/mol. The fourth-order valence-electron chi connectivity index (χ4n) is 2.24. The van der Waals surface area contributed by atoms with Crippen LogP contribution in [0.5, 0.6) is 11.5 Å². The van der Waals surface area contributed by atoms with Gasteiger partial charge < -0.3 is 19.3 Å². The molecule has 8 nitrogen and oxygen atoms in total. The Morgan fingerprint density at radius 2 is 2.00 bits per heavy atom. The van der Waals surface area contributed by atoms with Crippen molar-refractivity contribution in [2.24, 2.45) is 0 Å². The topological polar surface area (TPSA) is 93.9 Å². The highest BCUT2D eigenvalue weighted by molar-refractivity contribution is 5.95. The molecule has 1 N–H and O–H groups in total. The summed E-state index contributed by atoms with van der Waals surface area (Å²) in [5, 5.41) is 6.57. The van der Waals surface area contributed by atoms with Gasteiger partial charge in [0.25, 0.3) is 0 Å². The lowest BCUT2D eigenvalue weighted by Gasteiger charge is -2.17. The number of benzene rings is 1. The van der Waals surface area contributed by atoms with Crippen LogP contribution in [0.3, 0.4) is 0 Å². The minimum absolute atomic E-state index is 0.0979. The highest BCUT2D eigenvalue weighted by Crippen LogP contribution is 2.29. The van der Waals surface area contributed by atoms with Crippen molar-refractivity contribution in [3.05, 3.63) is 30.0 Å². The Bertz CT molecular complexity index is 756. The third-order valence-electron chi connectivity index (χ3n) is 3.52. The van der Waals surface area contributed by atoms with Crippen molar-refractivity contribution in [1.82, 2.24) is 5.16 Å². The minimum Gasteiger partial charge on any atom is -0.497 e. The molecule has 0 spiro atoms. The summed E-state index contributed by atoms with van der Waals surface area (Å²) in [6.07, 6.45) is 0.0979. The van der Waals surface area contributed by atoms with E-state index in [9.17, 15) is 9.59 Å². The van der Waals surface area contributed by atoms with E-state index in [2.05, 4.69) is 10.5 Å². The number of hydrogen-bond donors (Lipinski definition) is 1. The lowest BCUT2D eigenvalue weighted by atomic mass is 10.2.